The van der Waals surface area contributed by atoms with Crippen molar-refractivity contribution in [2.45, 2.75) is 12.5 Å². The van der Waals surface area contributed by atoms with Crippen LogP contribution in [0.3, 0.4) is 0 Å². The van der Waals surface area contributed by atoms with Crippen molar-refractivity contribution in [3.8, 4) is 11.8 Å². The van der Waals surface area contributed by atoms with Gasteiger partial charge in [0.25, 0.3) is 5.91 Å². The van der Waals surface area contributed by atoms with Crippen LogP contribution in [0.2, 0.25) is 0 Å². The topological polar surface area (TPSA) is 39.9 Å². The molecule has 1 unspecified atom stereocenters. The molecule has 0 saturated carbocycles. The second-order valence-electron chi connectivity index (χ2n) is 8.01. The van der Waals surface area contributed by atoms with Crippen molar-refractivity contribution < 1.29 is 9.21 Å². The molecule has 1 atom stereocenters. The summed E-state index contributed by atoms with van der Waals surface area (Å²) in [6, 6.07) is 21.8. The number of likely N-dealkylation sites (N-methyl/N-ethyl adjacent to an activating group) is 1. The largest absolute Gasteiger partial charge is 0.443 e. The maximum atomic E-state index is 12.9. The molecule has 0 bridgehead atoms. The fraction of sp³-hybridized carbons (Fsp3) is 0.269. The number of hydrogen-bond acceptors (Lipinski definition) is 4. The zero-order valence-corrected chi connectivity index (χ0v) is 18.2. The van der Waals surface area contributed by atoms with Crippen LogP contribution in [0.4, 0.5) is 11.4 Å². The minimum Gasteiger partial charge on any atom is -0.443 e. The third-order valence-electron chi connectivity index (χ3n) is 5.72. The fourth-order valence-corrected chi connectivity index (χ4v) is 3.74. The molecule has 1 amide bonds. The molecular formula is C26H27N3O2. The molecule has 2 heterocycles. The van der Waals surface area contributed by atoms with E-state index in [9.17, 15) is 4.79 Å². The van der Waals surface area contributed by atoms with Gasteiger partial charge < -0.3 is 19.1 Å². The van der Waals surface area contributed by atoms with E-state index in [1.165, 1.54) is 12.1 Å². The highest BCUT2D eigenvalue weighted by molar-refractivity contribution is 6.03. The van der Waals surface area contributed by atoms with Gasteiger partial charge in [0.05, 0.1) is 0 Å². The van der Waals surface area contributed by atoms with Crippen LogP contribution < -0.4 is 9.80 Å². The number of rotatable bonds is 4. The minimum absolute atomic E-state index is 0.200. The SMILES string of the molecule is CN(C(=O)c1ccc(C#Cc2ccccc2)o1)c1ccc(N2CCC(N(C)C)C2)cc1. The Labute approximate surface area is 183 Å². The summed E-state index contributed by atoms with van der Waals surface area (Å²) >= 11 is 0. The summed E-state index contributed by atoms with van der Waals surface area (Å²) in [5.41, 5.74) is 2.91. The van der Waals surface area contributed by atoms with Gasteiger partial charge in [-0.15, -0.1) is 0 Å². The van der Waals surface area contributed by atoms with E-state index >= 15 is 0 Å². The van der Waals surface area contributed by atoms with Crippen molar-refractivity contribution in [2.75, 3.05) is 44.0 Å². The summed E-state index contributed by atoms with van der Waals surface area (Å²) in [6.45, 7) is 2.08. The first kappa shape index (κ1) is 20.8. The van der Waals surface area contributed by atoms with Crippen molar-refractivity contribution in [1.29, 1.82) is 0 Å². The Hall–Kier alpha value is -3.49. The van der Waals surface area contributed by atoms with E-state index in [0.717, 1.165) is 24.3 Å². The molecule has 5 heteroatoms. The number of amides is 1. The number of furan rings is 1. The summed E-state index contributed by atoms with van der Waals surface area (Å²) in [6.07, 6.45) is 1.17. The zero-order chi connectivity index (χ0) is 21.8. The average Bonchev–Trinajstić information content (AvgIpc) is 3.48. The Bertz CT molecular complexity index is 1090. The third-order valence-corrected chi connectivity index (χ3v) is 5.72. The first-order valence-corrected chi connectivity index (χ1v) is 10.5. The average molecular weight is 414 g/mol. The maximum Gasteiger partial charge on any atom is 0.293 e. The van der Waals surface area contributed by atoms with E-state index in [4.69, 9.17) is 4.42 Å². The predicted octanol–water partition coefficient (Wildman–Crippen LogP) is 4.10. The van der Waals surface area contributed by atoms with E-state index in [1.54, 1.807) is 24.1 Å². The first-order valence-electron chi connectivity index (χ1n) is 10.5. The molecule has 2 aromatic carbocycles. The molecule has 1 aromatic heterocycles. The molecule has 1 fully saturated rings. The molecule has 31 heavy (non-hydrogen) atoms. The van der Waals surface area contributed by atoms with Crippen molar-refractivity contribution in [3.63, 3.8) is 0 Å². The summed E-state index contributed by atoms with van der Waals surface area (Å²) in [4.78, 5) is 19.1. The van der Waals surface area contributed by atoms with Crippen LogP contribution in [0.25, 0.3) is 0 Å². The van der Waals surface area contributed by atoms with Gasteiger partial charge in [-0.3, -0.25) is 4.79 Å². The lowest BCUT2D eigenvalue weighted by Crippen LogP contribution is -2.31. The highest BCUT2D eigenvalue weighted by Crippen LogP contribution is 2.25. The summed E-state index contributed by atoms with van der Waals surface area (Å²) in [5, 5.41) is 0. The molecule has 1 aliphatic heterocycles. The summed E-state index contributed by atoms with van der Waals surface area (Å²) in [7, 11) is 6.02. The van der Waals surface area contributed by atoms with E-state index in [-0.39, 0.29) is 11.7 Å². The molecule has 0 N–H and O–H groups in total. The molecule has 0 aliphatic carbocycles. The lowest BCUT2D eigenvalue weighted by atomic mass is 10.2. The van der Waals surface area contributed by atoms with Crippen molar-refractivity contribution in [3.05, 3.63) is 83.8 Å². The smallest absolute Gasteiger partial charge is 0.293 e. The third kappa shape index (κ3) is 4.82. The van der Waals surface area contributed by atoms with Crippen LogP contribution in [-0.2, 0) is 0 Å². The number of carbonyl (C=O) groups is 1. The monoisotopic (exact) mass is 413 g/mol. The van der Waals surface area contributed by atoms with Gasteiger partial charge in [-0.05, 0) is 75.0 Å². The molecule has 0 radical (unpaired) electrons. The standard InChI is InChI=1S/C26H27N3O2/c1-27(2)23-17-18-29(19-23)22-12-10-21(11-13-22)28(3)26(30)25-16-15-24(31-25)14-9-20-7-5-4-6-8-20/h4-8,10-13,15-16,23H,17-19H2,1-3H3. The molecule has 5 nitrogen and oxygen atoms in total. The van der Waals surface area contributed by atoms with E-state index in [0.29, 0.717) is 11.8 Å². The highest BCUT2D eigenvalue weighted by atomic mass is 16.3. The highest BCUT2D eigenvalue weighted by Gasteiger charge is 2.24. The Morgan fingerprint density at radius 2 is 1.71 bits per heavy atom. The molecule has 1 aliphatic rings. The van der Waals surface area contributed by atoms with Gasteiger partial charge in [0, 0.05) is 43.1 Å². The van der Waals surface area contributed by atoms with Gasteiger partial charge in [0.15, 0.2) is 11.5 Å². The van der Waals surface area contributed by atoms with Crippen LogP contribution in [0, 0.1) is 11.8 Å². The number of anilines is 2. The minimum atomic E-state index is -0.200. The van der Waals surface area contributed by atoms with Crippen LogP contribution in [0.5, 0.6) is 0 Å². The molecule has 0 spiro atoms. The fourth-order valence-electron chi connectivity index (χ4n) is 3.74. The summed E-state index contributed by atoms with van der Waals surface area (Å²) in [5.74, 6) is 6.56. The van der Waals surface area contributed by atoms with Crippen molar-refractivity contribution in [2.24, 2.45) is 0 Å². The molecule has 1 saturated heterocycles. The lowest BCUT2D eigenvalue weighted by molar-refractivity contribution is 0.0966. The van der Waals surface area contributed by atoms with Crippen LogP contribution in [-0.4, -0.2) is 51.1 Å². The quantitative estimate of drug-likeness (QED) is 0.604. The maximum absolute atomic E-state index is 12.9. The van der Waals surface area contributed by atoms with Crippen molar-refractivity contribution >= 4 is 17.3 Å². The second-order valence-corrected chi connectivity index (χ2v) is 8.01. The normalized spacial score (nSPS) is 15.6. The number of carbonyl (C=O) groups excluding carboxylic acids is 1. The molecule has 3 aromatic rings. The second kappa shape index (κ2) is 9.11. The van der Waals surface area contributed by atoms with Gasteiger partial charge in [0.1, 0.15) is 0 Å². The van der Waals surface area contributed by atoms with Gasteiger partial charge in [-0.2, -0.15) is 0 Å². The Morgan fingerprint density at radius 1 is 0.968 bits per heavy atom. The Kier molecular flexibility index (Phi) is 6.11. The number of nitrogens with zero attached hydrogens (tertiary/aromatic N) is 3. The van der Waals surface area contributed by atoms with Gasteiger partial charge in [0.2, 0.25) is 0 Å². The molecular weight excluding hydrogens is 386 g/mol. The first-order chi connectivity index (χ1) is 15.0. The van der Waals surface area contributed by atoms with E-state index in [1.807, 2.05) is 42.5 Å². The summed E-state index contributed by atoms with van der Waals surface area (Å²) < 4.78 is 5.67. The van der Waals surface area contributed by atoms with Crippen LogP contribution in [0.1, 0.15) is 28.3 Å². The van der Waals surface area contributed by atoms with Crippen LogP contribution >= 0.6 is 0 Å². The molecule has 4 rings (SSSR count). The lowest BCUT2D eigenvalue weighted by Gasteiger charge is -2.23. The Balaban J connectivity index is 1.42. The van der Waals surface area contributed by atoms with Gasteiger partial charge in [-0.1, -0.05) is 24.1 Å². The Morgan fingerprint density at radius 3 is 2.39 bits per heavy atom. The zero-order valence-electron chi connectivity index (χ0n) is 18.2. The van der Waals surface area contributed by atoms with Crippen LogP contribution in [0.15, 0.2) is 71.1 Å². The van der Waals surface area contributed by atoms with E-state index in [2.05, 4.69) is 47.9 Å². The number of hydrogen-bond donors (Lipinski definition) is 0. The van der Waals surface area contributed by atoms with E-state index < -0.39 is 0 Å². The predicted molar refractivity (Wildman–Crippen MR) is 125 cm³/mol. The molecule has 158 valence electrons. The van der Waals surface area contributed by atoms with Gasteiger partial charge in [-0.25, -0.2) is 0 Å². The number of benzene rings is 2. The van der Waals surface area contributed by atoms with Gasteiger partial charge >= 0.3 is 0 Å². The van der Waals surface area contributed by atoms with Crippen molar-refractivity contribution in [1.82, 2.24) is 4.90 Å².